The average molecular weight is 281 g/mol. The third kappa shape index (κ3) is 2.96. The summed E-state index contributed by atoms with van der Waals surface area (Å²) < 4.78 is 6.26. The van der Waals surface area contributed by atoms with Crippen molar-refractivity contribution >= 4 is 0 Å². The summed E-state index contributed by atoms with van der Waals surface area (Å²) in [4.78, 5) is 0. The van der Waals surface area contributed by atoms with Crippen LogP contribution in [0.15, 0.2) is 48.5 Å². The van der Waals surface area contributed by atoms with Crippen molar-refractivity contribution in [3.05, 3.63) is 65.2 Å². The van der Waals surface area contributed by atoms with Crippen molar-refractivity contribution in [1.29, 1.82) is 0 Å². The van der Waals surface area contributed by atoms with Crippen LogP contribution in [-0.4, -0.2) is 12.6 Å². The molecule has 0 radical (unpaired) electrons. The molecule has 0 spiro atoms. The molecule has 2 aromatic rings. The fraction of sp³-hybridized carbons (Fsp3) is 0.368. The summed E-state index contributed by atoms with van der Waals surface area (Å²) in [5.41, 5.74) is 4.13. The fourth-order valence-corrected chi connectivity index (χ4v) is 3.11. The average Bonchev–Trinajstić information content (AvgIpc) is 2.86. The monoisotopic (exact) mass is 281 g/mol. The molecule has 3 rings (SSSR count). The molecule has 0 aliphatic heterocycles. The van der Waals surface area contributed by atoms with E-state index in [1.165, 1.54) is 16.7 Å². The molecule has 2 nitrogen and oxygen atoms in total. The lowest BCUT2D eigenvalue weighted by molar-refractivity contribution is 0.168. The van der Waals surface area contributed by atoms with Gasteiger partial charge in [-0.3, -0.25) is 0 Å². The SMILES string of the molecule is CCNC1c2ccccc2CC1Oc1ccc(CC)cc1. The highest BCUT2D eigenvalue weighted by molar-refractivity contribution is 5.37. The van der Waals surface area contributed by atoms with E-state index in [1.54, 1.807) is 0 Å². The van der Waals surface area contributed by atoms with Crippen molar-refractivity contribution < 1.29 is 4.74 Å². The highest BCUT2D eigenvalue weighted by atomic mass is 16.5. The van der Waals surface area contributed by atoms with E-state index in [-0.39, 0.29) is 12.1 Å². The van der Waals surface area contributed by atoms with Gasteiger partial charge in [0.25, 0.3) is 0 Å². The summed E-state index contributed by atoms with van der Waals surface area (Å²) in [5, 5.41) is 3.57. The van der Waals surface area contributed by atoms with Crippen LogP contribution in [0.4, 0.5) is 0 Å². The first-order chi connectivity index (χ1) is 10.3. The highest BCUT2D eigenvalue weighted by Gasteiger charge is 2.33. The summed E-state index contributed by atoms with van der Waals surface area (Å²) in [6, 6.07) is 17.4. The zero-order valence-electron chi connectivity index (χ0n) is 12.8. The van der Waals surface area contributed by atoms with Crippen LogP contribution >= 0.6 is 0 Å². The van der Waals surface area contributed by atoms with Crippen LogP contribution in [0.25, 0.3) is 0 Å². The molecule has 21 heavy (non-hydrogen) atoms. The molecule has 0 saturated heterocycles. The van der Waals surface area contributed by atoms with E-state index >= 15 is 0 Å². The van der Waals surface area contributed by atoms with Crippen molar-refractivity contribution in [2.45, 2.75) is 38.8 Å². The summed E-state index contributed by atoms with van der Waals surface area (Å²) in [6.45, 7) is 5.27. The molecule has 0 bridgehead atoms. The third-order valence-electron chi connectivity index (χ3n) is 4.23. The van der Waals surface area contributed by atoms with Crippen LogP contribution in [0.1, 0.15) is 36.6 Å². The molecule has 2 heteroatoms. The van der Waals surface area contributed by atoms with Crippen LogP contribution in [0, 0.1) is 0 Å². The first-order valence-electron chi connectivity index (χ1n) is 7.88. The fourth-order valence-electron chi connectivity index (χ4n) is 3.11. The summed E-state index contributed by atoms with van der Waals surface area (Å²) in [5.74, 6) is 0.966. The molecule has 0 amide bonds. The molecule has 0 aromatic heterocycles. The molecule has 2 unspecified atom stereocenters. The highest BCUT2D eigenvalue weighted by Crippen LogP contribution is 2.34. The number of likely N-dealkylation sites (N-methyl/N-ethyl adjacent to an activating group) is 1. The normalized spacial score (nSPS) is 20.3. The van der Waals surface area contributed by atoms with Gasteiger partial charge in [0.15, 0.2) is 0 Å². The number of hydrogen-bond donors (Lipinski definition) is 1. The number of aryl methyl sites for hydroxylation is 1. The number of benzene rings is 2. The number of nitrogens with one attached hydrogen (secondary N) is 1. The Hall–Kier alpha value is -1.80. The van der Waals surface area contributed by atoms with Crippen LogP contribution in [-0.2, 0) is 12.8 Å². The Morgan fingerprint density at radius 2 is 1.81 bits per heavy atom. The molecular formula is C19H23NO. The quantitative estimate of drug-likeness (QED) is 0.897. The van der Waals surface area contributed by atoms with Crippen molar-refractivity contribution in [3.63, 3.8) is 0 Å². The topological polar surface area (TPSA) is 21.3 Å². The lowest BCUT2D eigenvalue weighted by atomic mass is 10.1. The second kappa shape index (κ2) is 6.31. The molecule has 0 heterocycles. The van der Waals surface area contributed by atoms with Gasteiger partial charge in [-0.15, -0.1) is 0 Å². The van der Waals surface area contributed by atoms with Gasteiger partial charge in [0.05, 0.1) is 6.04 Å². The number of fused-ring (bicyclic) bond motifs is 1. The molecule has 2 aromatic carbocycles. The Labute approximate surface area is 127 Å². The molecular weight excluding hydrogens is 258 g/mol. The van der Waals surface area contributed by atoms with E-state index in [0.717, 1.165) is 25.1 Å². The van der Waals surface area contributed by atoms with Gasteiger partial charge in [0.1, 0.15) is 11.9 Å². The first-order valence-corrected chi connectivity index (χ1v) is 7.88. The predicted molar refractivity (Wildman–Crippen MR) is 86.8 cm³/mol. The molecule has 1 N–H and O–H groups in total. The van der Waals surface area contributed by atoms with Crippen LogP contribution in [0.2, 0.25) is 0 Å². The van der Waals surface area contributed by atoms with E-state index in [9.17, 15) is 0 Å². The van der Waals surface area contributed by atoms with Crippen molar-refractivity contribution in [1.82, 2.24) is 5.32 Å². The zero-order valence-corrected chi connectivity index (χ0v) is 12.8. The van der Waals surface area contributed by atoms with Crippen LogP contribution < -0.4 is 10.1 Å². The van der Waals surface area contributed by atoms with Gasteiger partial charge >= 0.3 is 0 Å². The minimum atomic E-state index is 0.176. The maximum Gasteiger partial charge on any atom is 0.122 e. The van der Waals surface area contributed by atoms with E-state index in [4.69, 9.17) is 4.74 Å². The van der Waals surface area contributed by atoms with E-state index in [1.807, 2.05) is 0 Å². The molecule has 2 atom stereocenters. The Morgan fingerprint density at radius 3 is 2.52 bits per heavy atom. The van der Waals surface area contributed by atoms with Crippen LogP contribution in [0.3, 0.4) is 0 Å². The molecule has 0 fully saturated rings. The van der Waals surface area contributed by atoms with Crippen molar-refractivity contribution in [2.24, 2.45) is 0 Å². The van der Waals surface area contributed by atoms with Gasteiger partial charge in [-0.05, 0) is 41.8 Å². The molecule has 1 aliphatic carbocycles. The van der Waals surface area contributed by atoms with Crippen molar-refractivity contribution in [2.75, 3.05) is 6.54 Å². The Kier molecular flexibility index (Phi) is 4.26. The molecule has 0 saturated carbocycles. The second-order valence-corrected chi connectivity index (χ2v) is 5.59. The lowest BCUT2D eigenvalue weighted by Gasteiger charge is -2.22. The third-order valence-corrected chi connectivity index (χ3v) is 4.23. The Bertz CT molecular complexity index is 591. The predicted octanol–water partition coefficient (Wildman–Crippen LogP) is 3.90. The van der Waals surface area contributed by atoms with Gasteiger partial charge in [-0.2, -0.15) is 0 Å². The minimum Gasteiger partial charge on any atom is -0.488 e. The lowest BCUT2D eigenvalue weighted by Crippen LogP contribution is -2.32. The van der Waals surface area contributed by atoms with E-state index in [2.05, 4.69) is 67.7 Å². The first kappa shape index (κ1) is 14.2. The number of hydrogen-bond acceptors (Lipinski definition) is 2. The largest absolute Gasteiger partial charge is 0.488 e. The van der Waals surface area contributed by atoms with Crippen LogP contribution in [0.5, 0.6) is 5.75 Å². The Balaban J connectivity index is 1.78. The Morgan fingerprint density at radius 1 is 1.05 bits per heavy atom. The smallest absolute Gasteiger partial charge is 0.122 e. The maximum atomic E-state index is 6.26. The summed E-state index contributed by atoms with van der Waals surface area (Å²) in [7, 11) is 0. The summed E-state index contributed by atoms with van der Waals surface area (Å²) >= 11 is 0. The number of ether oxygens (including phenoxy) is 1. The van der Waals surface area contributed by atoms with E-state index in [0.29, 0.717) is 0 Å². The van der Waals surface area contributed by atoms with Gasteiger partial charge in [0.2, 0.25) is 0 Å². The van der Waals surface area contributed by atoms with Gasteiger partial charge in [-0.1, -0.05) is 50.2 Å². The summed E-state index contributed by atoms with van der Waals surface area (Å²) in [6.07, 6.45) is 2.22. The standard InChI is InChI=1S/C19H23NO/c1-3-14-9-11-16(12-10-14)21-18-13-15-7-5-6-8-17(15)19(18)20-4-2/h5-12,18-20H,3-4,13H2,1-2H3. The van der Waals surface area contributed by atoms with Gasteiger partial charge < -0.3 is 10.1 Å². The van der Waals surface area contributed by atoms with E-state index < -0.39 is 0 Å². The number of rotatable bonds is 5. The second-order valence-electron chi connectivity index (χ2n) is 5.59. The zero-order chi connectivity index (χ0) is 14.7. The van der Waals surface area contributed by atoms with Gasteiger partial charge in [-0.25, -0.2) is 0 Å². The van der Waals surface area contributed by atoms with Gasteiger partial charge in [0, 0.05) is 6.42 Å². The van der Waals surface area contributed by atoms with Crippen molar-refractivity contribution in [3.8, 4) is 5.75 Å². The minimum absolute atomic E-state index is 0.176. The molecule has 1 aliphatic rings. The molecule has 110 valence electrons. The maximum absolute atomic E-state index is 6.26.